The molecular weight excluding hydrogens is 258 g/mol. The zero-order valence-corrected chi connectivity index (χ0v) is 12.0. The van der Waals surface area contributed by atoms with Gasteiger partial charge in [-0.15, -0.1) is 0 Å². The largest absolute Gasteiger partial charge is 0.370 e. The Labute approximate surface area is 119 Å². The molecule has 0 aliphatic rings. The number of aromatic nitrogens is 2. The third kappa shape index (κ3) is 3.93. The summed E-state index contributed by atoms with van der Waals surface area (Å²) in [5, 5.41) is 3.79. The fourth-order valence-electron chi connectivity index (χ4n) is 1.93. The molecule has 0 fully saturated rings. The molecule has 100 valence electrons. The fraction of sp³-hybridized carbons (Fsp3) is 0.333. The van der Waals surface area contributed by atoms with Crippen LogP contribution >= 0.6 is 11.6 Å². The zero-order valence-electron chi connectivity index (χ0n) is 11.3. The number of aryl methyl sites for hydroxylation is 2. The van der Waals surface area contributed by atoms with E-state index in [-0.39, 0.29) is 0 Å². The number of halogens is 1. The molecule has 0 unspecified atom stereocenters. The molecule has 2 aromatic rings. The highest BCUT2D eigenvalue weighted by atomic mass is 35.5. The average Bonchev–Trinajstić information content (AvgIpc) is 2.40. The molecule has 0 spiro atoms. The highest BCUT2D eigenvalue weighted by Gasteiger charge is 2.02. The summed E-state index contributed by atoms with van der Waals surface area (Å²) in [5.41, 5.74) is 2.67. The molecule has 1 aromatic carbocycles. The summed E-state index contributed by atoms with van der Waals surface area (Å²) in [6, 6.07) is 10.2. The van der Waals surface area contributed by atoms with Crippen molar-refractivity contribution in [1.29, 1.82) is 0 Å². The van der Waals surface area contributed by atoms with Crippen LogP contribution in [0.25, 0.3) is 0 Å². The summed E-state index contributed by atoms with van der Waals surface area (Å²) in [6.45, 7) is 4.98. The van der Waals surface area contributed by atoms with Crippen molar-refractivity contribution in [2.75, 3.05) is 11.9 Å². The minimum Gasteiger partial charge on any atom is -0.370 e. The molecule has 0 saturated heterocycles. The van der Waals surface area contributed by atoms with Gasteiger partial charge in [-0.2, -0.15) is 0 Å². The van der Waals surface area contributed by atoms with Crippen LogP contribution in [0.2, 0.25) is 5.15 Å². The van der Waals surface area contributed by atoms with E-state index in [9.17, 15) is 0 Å². The molecule has 0 radical (unpaired) electrons. The molecule has 0 bridgehead atoms. The Kier molecular flexibility index (Phi) is 4.74. The number of hydrogen-bond acceptors (Lipinski definition) is 3. The van der Waals surface area contributed by atoms with E-state index in [2.05, 4.69) is 46.5 Å². The van der Waals surface area contributed by atoms with E-state index in [1.165, 1.54) is 11.1 Å². The second-order valence-electron chi connectivity index (χ2n) is 4.45. The smallest absolute Gasteiger partial charge is 0.134 e. The maximum Gasteiger partial charge on any atom is 0.134 e. The predicted octanol–water partition coefficient (Wildman–Crippen LogP) is 3.66. The van der Waals surface area contributed by atoms with Crippen LogP contribution in [0.1, 0.15) is 23.9 Å². The first kappa shape index (κ1) is 13.8. The maximum absolute atomic E-state index is 5.96. The fourth-order valence-corrected chi connectivity index (χ4v) is 2.13. The minimum atomic E-state index is 0.491. The van der Waals surface area contributed by atoms with Crippen LogP contribution in [0, 0.1) is 6.92 Å². The van der Waals surface area contributed by atoms with Crippen molar-refractivity contribution in [3.63, 3.8) is 0 Å². The highest BCUT2D eigenvalue weighted by Crippen LogP contribution is 2.13. The third-order valence-corrected chi connectivity index (χ3v) is 3.21. The van der Waals surface area contributed by atoms with Gasteiger partial charge in [0.05, 0.1) is 0 Å². The first-order valence-electron chi connectivity index (χ1n) is 6.51. The molecule has 1 N–H and O–H groups in total. The van der Waals surface area contributed by atoms with Crippen LogP contribution in [0.4, 0.5) is 5.82 Å². The molecule has 2 rings (SSSR count). The Hall–Kier alpha value is -1.61. The molecule has 19 heavy (non-hydrogen) atoms. The van der Waals surface area contributed by atoms with Gasteiger partial charge in [-0.05, 0) is 24.5 Å². The van der Waals surface area contributed by atoms with Gasteiger partial charge in [0.25, 0.3) is 0 Å². The second kappa shape index (κ2) is 6.53. The lowest BCUT2D eigenvalue weighted by Gasteiger charge is -2.09. The first-order valence-corrected chi connectivity index (χ1v) is 6.88. The van der Waals surface area contributed by atoms with Crippen molar-refractivity contribution >= 4 is 17.4 Å². The zero-order chi connectivity index (χ0) is 13.7. The first-order chi connectivity index (χ1) is 9.19. The van der Waals surface area contributed by atoms with Crippen LogP contribution < -0.4 is 5.32 Å². The Balaban J connectivity index is 1.96. The van der Waals surface area contributed by atoms with Crippen LogP contribution in [-0.4, -0.2) is 16.5 Å². The van der Waals surface area contributed by atoms with Crippen LogP contribution in [0.3, 0.4) is 0 Å². The number of rotatable bonds is 5. The number of nitrogens with zero attached hydrogens (tertiary/aromatic N) is 2. The molecular formula is C15H18ClN3. The number of benzene rings is 1. The van der Waals surface area contributed by atoms with Gasteiger partial charge in [0.2, 0.25) is 0 Å². The molecule has 1 aromatic heterocycles. The maximum atomic E-state index is 5.96. The average molecular weight is 276 g/mol. The van der Waals surface area contributed by atoms with Crippen molar-refractivity contribution in [2.45, 2.75) is 26.7 Å². The van der Waals surface area contributed by atoms with Crippen molar-refractivity contribution in [2.24, 2.45) is 0 Å². The van der Waals surface area contributed by atoms with Crippen molar-refractivity contribution in [3.8, 4) is 0 Å². The molecule has 4 heteroatoms. The Morgan fingerprint density at radius 2 is 2.00 bits per heavy atom. The summed E-state index contributed by atoms with van der Waals surface area (Å²) in [6.07, 6.45) is 1.75. The Morgan fingerprint density at radius 3 is 2.74 bits per heavy atom. The Bertz CT molecular complexity index is 555. The van der Waals surface area contributed by atoms with Crippen LogP contribution in [0.5, 0.6) is 0 Å². The second-order valence-corrected chi connectivity index (χ2v) is 4.84. The predicted molar refractivity (Wildman–Crippen MR) is 79.8 cm³/mol. The summed E-state index contributed by atoms with van der Waals surface area (Å²) < 4.78 is 0. The molecule has 1 heterocycles. The summed E-state index contributed by atoms with van der Waals surface area (Å²) in [4.78, 5) is 8.55. The monoisotopic (exact) mass is 275 g/mol. The highest BCUT2D eigenvalue weighted by molar-refractivity contribution is 6.29. The SMILES string of the molecule is CCc1nc(Cl)cc(NCCc2ccccc2C)n1. The van der Waals surface area contributed by atoms with Crippen LogP contribution in [-0.2, 0) is 12.8 Å². The topological polar surface area (TPSA) is 37.8 Å². The lowest BCUT2D eigenvalue weighted by Crippen LogP contribution is -2.08. The van der Waals surface area contributed by atoms with E-state index in [1.54, 1.807) is 6.07 Å². The van der Waals surface area contributed by atoms with Gasteiger partial charge >= 0.3 is 0 Å². The number of hydrogen-bond donors (Lipinski definition) is 1. The number of anilines is 1. The minimum absolute atomic E-state index is 0.491. The van der Waals surface area contributed by atoms with E-state index in [0.717, 1.165) is 31.0 Å². The van der Waals surface area contributed by atoms with E-state index >= 15 is 0 Å². The van der Waals surface area contributed by atoms with Crippen LogP contribution in [0.15, 0.2) is 30.3 Å². The van der Waals surface area contributed by atoms with Gasteiger partial charge in [0, 0.05) is 19.0 Å². The normalized spacial score (nSPS) is 10.5. The lowest BCUT2D eigenvalue weighted by atomic mass is 10.1. The quantitative estimate of drug-likeness (QED) is 0.847. The van der Waals surface area contributed by atoms with Gasteiger partial charge in [0.15, 0.2) is 0 Å². The molecule has 0 atom stereocenters. The molecule has 3 nitrogen and oxygen atoms in total. The van der Waals surface area contributed by atoms with Crippen molar-refractivity contribution < 1.29 is 0 Å². The lowest BCUT2D eigenvalue weighted by molar-refractivity contribution is 0.923. The molecule has 0 amide bonds. The van der Waals surface area contributed by atoms with Crippen molar-refractivity contribution in [1.82, 2.24) is 9.97 Å². The standard InChI is InChI=1S/C15H18ClN3/c1-3-14-18-13(16)10-15(19-14)17-9-8-12-7-5-4-6-11(12)2/h4-7,10H,3,8-9H2,1-2H3,(H,17,18,19). The van der Waals surface area contributed by atoms with Gasteiger partial charge in [-0.3, -0.25) is 0 Å². The summed E-state index contributed by atoms with van der Waals surface area (Å²) >= 11 is 5.96. The molecule has 0 aliphatic heterocycles. The number of nitrogens with one attached hydrogen (secondary N) is 1. The van der Waals surface area contributed by atoms with Gasteiger partial charge in [0.1, 0.15) is 16.8 Å². The molecule has 0 saturated carbocycles. The van der Waals surface area contributed by atoms with E-state index < -0.39 is 0 Å². The summed E-state index contributed by atoms with van der Waals surface area (Å²) in [7, 11) is 0. The van der Waals surface area contributed by atoms with Gasteiger partial charge < -0.3 is 5.32 Å². The van der Waals surface area contributed by atoms with Gasteiger partial charge in [-0.25, -0.2) is 9.97 Å². The van der Waals surface area contributed by atoms with Gasteiger partial charge in [-0.1, -0.05) is 42.8 Å². The van der Waals surface area contributed by atoms with E-state index in [4.69, 9.17) is 11.6 Å². The van der Waals surface area contributed by atoms with Crippen molar-refractivity contribution in [3.05, 3.63) is 52.4 Å². The van der Waals surface area contributed by atoms with E-state index in [0.29, 0.717) is 5.15 Å². The third-order valence-electron chi connectivity index (χ3n) is 3.02. The summed E-state index contributed by atoms with van der Waals surface area (Å²) in [5.74, 6) is 1.57. The molecule has 0 aliphatic carbocycles. The Morgan fingerprint density at radius 1 is 1.21 bits per heavy atom. The van der Waals surface area contributed by atoms with E-state index in [1.807, 2.05) is 6.92 Å².